The highest BCUT2D eigenvalue weighted by atomic mass is 79.9. The molecular weight excluding hydrogens is 237 g/mol. The molecule has 0 atom stereocenters. The average molecular weight is 248 g/mol. The van der Waals surface area contributed by atoms with E-state index in [0.29, 0.717) is 12.1 Å². The molecule has 0 bridgehead atoms. The van der Waals surface area contributed by atoms with E-state index in [9.17, 15) is 4.39 Å². The Balaban J connectivity index is 3.11. The first kappa shape index (κ1) is 10.5. The lowest BCUT2D eigenvalue weighted by Crippen LogP contribution is -2.07. The summed E-state index contributed by atoms with van der Waals surface area (Å²) >= 11 is 3.28. The van der Waals surface area contributed by atoms with Crippen molar-refractivity contribution in [3.8, 4) is 5.75 Å². The van der Waals surface area contributed by atoms with Gasteiger partial charge in [0, 0.05) is 16.6 Å². The Morgan fingerprint density at radius 1 is 1.54 bits per heavy atom. The Labute approximate surface area is 85.2 Å². The number of halogens is 2. The van der Waals surface area contributed by atoms with Crippen molar-refractivity contribution in [1.82, 2.24) is 5.32 Å². The van der Waals surface area contributed by atoms with E-state index >= 15 is 0 Å². The van der Waals surface area contributed by atoms with Gasteiger partial charge in [0.2, 0.25) is 0 Å². The number of nitrogens with one attached hydrogen (secondary N) is 1. The molecule has 1 aromatic carbocycles. The fourth-order valence-electron chi connectivity index (χ4n) is 1.09. The third kappa shape index (κ3) is 2.42. The molecule has 0 aliphatic rings. The molecule has 1 rings (SSSR count). The van der Waals surface area contributed by atoms with Crippen molar-refractivity contribution >= 4 is 15.9 Å². The molecule has 0 aliphatic heterocycles. The fraction of sp³-hybridized carbons (Fsp3) is 0.333. The monoisotopic (exact) mass is 247 g/mol. The minimum absolute atomic E-state index is 0.264. The van der Waals surface area contributed by atoms with Crippen molar-refractivity contribution in [1.29, 1.82) is 0 Å². The Morgan fingerprint density at radius 3 is 2.77 bits per heavy atom. The van der Waals surface area contributed by atoms with E-state index in [0.717, 1.165) is 4.47 Å². The van der Waals surface area contributed by atoms with Gasteiger partial charge < -0.3 is 10.1 Å². The largest absolute Gasteiger partial charge is 0.494 e. The standard InChI is InChI=1S/C9H11BrFNO/c1-12-5-6-3-7(10)4-8(13-2)9(6)11/h3-4,12H,5H2,1-2H3. The van der Waals surface area contributed by atoms with E-state index in [1.165, 1.54) is 7.11 Å². The molecule has 0 unspecified atom stereocenters. The highest BCUT2D eigenvalue weighted by molar-refractivity contribution is 9.10. The van der Waals surface area contributed by atoms with Crippen LogP contribution in [0.2, 0.25) is 0 Å². The van der Waals surface area contributed by atoms with Crippen molar-refractivity contribution < 1.29 is 9.13 Å². The van der Waals surface area contributed by atoms with Gasteiger partial charge in [0.25, 0.3) is 0 Å². The molecule has 0 amide bonds. The second-order valence-electron chi connectivity index (χ2n) is 2.61. The molecule has 72 valence electrons. The summed E-state index contributed by atoms with van der Waals surface area (Å²) < 4.78 is 19.1. The molecule has 0 fully saturated rings. The highest BCUT2D eigenvalue weighted by Crippen LogP contribution is 2.25. The van der Waals surface area contributed by atoms with E-state index in [4.69, 9.17) is 4.74 Å². The summed E-state index contributed by atoms with van der Waals surface area (Å²) in [4.78, 5) is 0. The van der Waals surface area contributed by atoms with Crippen LogP contribution in [-0.4, -0.2) is 14.2 Å². The predicted molar refractivity (Wildman–Crippen MR) is 53.4 cm³/mol. The van der Waals surface area contributed by atoms with Gasteiger partial charge in [0.15, 0.2) is 11.6 Å². The summed E-state index contributed by atoms with van der Waals surface area (Å²) in [6.07, 6.45) is 0. The molecule has 1 aromatic rings. The zero-order valence-corrected chi connectivity index (χ0v) is 9.11. The first-order chi connectivity index (χ1) is 6.19. The Bertz CT molecular complexity index is 304. The van der Waals surface area contributed by atoms with Crippen molar-refractivity contribution in [2.45, 2.75) is 6.54 Å². The van der Waals surface area contributed by atoms with Gasteiger partial charge in [0.1, 0.15) is 0 Å². The van der Waals surface area contributed by atoms with Gasteiger partial charge in [0.05, 0.1) is 7.11 Å². The van der Waals surface area contributed by atoms with Crippen molar-refractivity contribution in [2.75, 3.05) is 14.2 Å². The lowest BCUT2D eigenvalue weighted by molar-refractivity contribution is 0.383. The first-order valence-electron chi connectivity index (χ1n) is 3.85. The number of benzene rings is 1. The van der Waals surface area contributed by atoms with Gasteiger partial charge in [-0.2, -0.15) is 0 Å². The van der Waals surface area contributed by atoms with Crippen molar-refractivity contribution in [3.05, 3.63) is 28.0 Å². The minimum atomic E-state index is -0.306. The lowest BCUT2D eigenvalue weighted by Gasteiger charge is -2.07. The van der Waals surface area contributed by atoms with Crippen LogP contribution in [-0.2, 0) is 6.54 Å². The van der Waals surface area contributed by atoms with E-state index in [1.54, 1.807) is 19.2 Å². The Morgan fingerprint density at radius 2 is 2.23 bits per heavy atom. The molecule has 2 nitrogen and oxygen atoms in total. The maximum absolute atomic E-state index is 13.5. The second-order valence-corrected chi connectivity index (χ2v) is 3.53. The van der Waals surface area contributed by atoms with E-state index < -0.39 is 0 Å². The summed E-state index contributed by atoms with van der Waals surface area (Å²) in [5.41, 5.74) is 0.591. The predicted octanol–water partition coefficient (Wildman–Crippen LogP) is 2.32. The maximum Gasteiger partial charge on any atom is 0.169 e. The molecule has 0 spiro atoms. The van der Waals surface area contributed by atoms with Crippen LogP contribution in [0, 0.1) is 5.82 Å². The molecular formula is C9H11BrFNO. The van der Waals surface area contributed by atoms with Crippen molar-refractivity contribution in [2.24, 2.45) is 0 Å². The normalized spacial score (nSPS) is 10.2. The van der Waals surface area contributed by atoms with Gasteiger partial charge in [-0.25, -0.2) is 4.39 Å². The summed E-state index contributed by atoms with van der Waals surface area (Å²) in [6, 6.07) is 3.34. The topological polar surface area (TPSA) is 21.3 Å². The number of hydrogen-bond acceptors (Lipinski definition) is 2. The number of ether oxygens (including phenoxy) is 1. The molecule has 0 saturated heterocycles. The van der Waals surface area contributed by atoms with Gasteiger partial charge in [-0.05, 0) is 19.2 Å². The van der Waals surface area contributed by atoms with Crippen LogP contribution in [0.3, 0.4) is 0 Å². The molecule has 0 radical (unpaired) electrons. The van der Waals surface area contributed by atoms with Crippen molar-refractivity contribution in [3.63, 3.8) is 0 Å². The fourth-order valence-corrected chi connectivity index (χ4v) is 1.57. The van der Waals surface area contributed by atoms with Gasteiger partial charge in [-0.15, -0.1) is 0 Å². The number of rotatable bonds is 3. The summed E-state index contributed by atoms with van der Waals surface area (Å²) in [7, 11) is 3.22. The number of hydrogen-bond donors (Lipinski definition) is 1. The van der Waals surface area contributed by atoms with Crippen LogP contribution >= 0.6 is 15.9 Å². The third-order valence-corrected chi connectivity index (χ3v) is 2.12. The summed E-state index contributed by atoms with van der Waals surface area (Å²) in [5.74, 6) is -0.0420. The molecule has 0 saturated carbocycles. The van der Waals surface area contributed by atoms with E-state index in [2.05, 4.69) is 21.2 Å². The summed E-state index contributed by atoms with van der Waals surface area (Å²) in [5, 5.41) is 2.89. The molecule has 0 aliphatic carbocycles. The SMILES string of the molecule is CNCc1cc(Br)cc(OC)c1F. The van der Waals surface area contributed by atoms with Gasteiger partial charge in [-0.1, -0.05) is 15.9 Å². The highest BCUT2D eigenvalue weighted by Gasteiger charge is 2.09. The maximum atomic E-state index is 13.5. The second kappa shape index (κ2) is 4.58. The van der Waals surface area contributed by atoms with E-state index in [-0.39, 0.29) is 11.6 Å². The first-order valence-corrected chi connectivity index (χ1v) is 4.65. The smallest absolute Gasteiger partial charge is 0.169 e. The zero-order chi connectivity index (χ0) is 9.84. The zero-order valence-electron chi connectivity index (χ0n) is 7.53. The molecule has 1 N–H and O–H groups in total. The van der Waals surface area contributed by atoms with Gasteiger partial charge in [-0.3, -0.25) is 0 Å². The van der Waals surface area contributed by atoms with E-state index in [1.807, 2.05) is 0 Å². The Kier molecular flexibility index (Phi) is 3.69. The van der Waals surface area contributed by atoms with Gasteiger partial charge >= 0.3 is 0 Å². The number of methoxy groups -OCH3 is 1. The Hall–Kier alpha value is -0.610. The third-order valence-electron chi connectivity index (χ3n) is 1.67. The molecule has 13 heavy (non-hydrogen) atoms. The van der Waals surface area contributed by atoms with Crippen LogP contribution in [0.5, 0.6) is 5.75 Å². The lowest BCUT2D eigenvalue weighted by atomic mass is 10.2. The van der Waals surface area contributed by atoms with Crippen LogP contribution in [0.1, 0.15) is 5.56 Å². The van der Waals surface area contributed by atoms with Crippen LogP contribution < -0.4 is 10.1 Å². The summed E-state index contributed by atoms with van der Waals surface area (Å²) in [6.45, 7) is 0.488. The minimum Gasteiger partial charge on any atom is -0.494 e. The van der Waals surface area contributed by atoms with Crippen LogP contribution in [0.15, 0.2) is 16.6 Å². The van der Waals surface area contributed by atoms with Crippen LogP contribution in [0.25, 0.3) is 0 Å². The average Bonchev–Trinajstić information content (AvgIpc) is 2.11. The molecule has 0 heterocycles. The van der Waals surface area contributed by atoms with Crippen LogP contribution in [0.4, 0.5) is 4.39 Å². The molecule has 4 heteroatoms. The quantitative estimate of drug-likeness (QED) is 0.886. The molecule has 0 aromatic heterocycles.